The zero-order chi connectivity index (χ0) is 19.0. The maximum atomic E-state index is 13.4. The number of fused-ring (bicyclic) bond motifs is 1. The van der Waals surface area contributed by atoms with Crippen LogP contribution in [0.3, 0.4) is 0 Å². The zero-order valence-corrected chi connectivity index (χ0v) is 16.0. The van der Waals surface area contributed by atoms with E-state index in [1.807, 2.05) is 28.6 Å². The van der Waals surface area contributed by atoms with Gasteiger partial charge in [-0.25, -0.2) is 0 Å². The molecule has 1 amide bonds. The van der Waals surface area contributed by atoms with Gasteiger partial charge >= 0.3 is 0 Å². The van der Waals surface area contributed by atoms with Crippen molar-refractivity contribution >= 4 is 11.6 Å². The SMILES string of the molecule is CCCc1ccc(N2C[C@H](C)n3ncc(-c4ccnc(C)c4)c3C2=O)cc1. The van der Waals surface area contributed by atoms with E-state index in [-0.39, 0.29) is 11.9 Å². The van der Waals surface area contributed by atoms with E-state index >= 15 is 0 Å². The maximum Gasteiger partial charge on any atom is 0.277 e. The van der Waals surface area contributed by atoms with Crippen molar-refractivity contribution in [3.63, 3.8) is 0 Å². The smallest absolute Gasteiger partial charge is 0.277 e. The average Bonchev–Trinajstić information content (AvgIpc) is 3.12. The van der Waals surface area contributed by atoms with Crippen molar-refractivity contribution in [1.29, 1.82) is 0 Å². The van der Waals surface area contributed by atoms with E-state index in [2.05, 4.69) is 48.2 Å². The Bertz CT molecular complexity index is 974. The van der Waals surface area contributed by atoms with Gasteiger partial charge in [-0.2, -0.15) is 5.10 Å². The van der Waals surface area contributed by atoms with Crippen molar-refractivity contribution in [3.8, 4) is 11.1 Å². The third-order valence-corrected chi connectivity index (χ3v) is 5.10. The molecule has 0 saturated heterocycles. The predicted molar refractivity (Wildman–Crippen MR) is 107 cm³/mol. The molecule has 1 atom stereocenters. The monoisotopic (exact) mass is 360 g/mol. The standard InChI is InChI=1S/C22H24N4O/c1-4-5-17-6-8-19(9-7-17)25-14-16(3)26-21(22(25)27)20(13-24-26)18-10-11-23-15(2)12-18/h6-13,16H,4-5,14H2,1-3H3/t16-/m0/s1. The van der Waals surface area contributed by atoms with Gasteiger partial charge in [0.1, 0.15) is 5.69 Å². The Kier molecular flexibility index (Phi) is 4.52. The molecule has 5 heteroatoms. The van der Waals surface area contributed by atoms with Crippen LogP contribution in [0, 0.1) is 6.92 Å². The maximum absolute atomic E-state index is 13.4. The summed E-state index contributed by atoms with van der Waals surface area (Å²) in [4.78, 5) is 19.5. The minimum atomic E-state index is -0.00157. The molecule has 0 saturated carbocycles. The van der Waals surface area contributed by atoms with E-state index in [1.54, 1.807) is 12.4 Å². The Hall–Kier alpha value is -2.95. The number of carbonyl (C=O) groups is 1. The summed E-state index contributed by atoms with van der Waals surface area (Å²) in [6, 6.07) is 12.4. The summed E-state index contributed by atoms with van der Waals surface area (Å²) in [6.45, 7) is 6.85. The highest BCUT2D eigenvalue weighted by molar-refractivity contribution is 6.09. The molecular weight excluding hydrogens is 336 g/mol. The third-order valence-electron chi connectivity index (χ3n) is 5.10. The first-order valence-electron chi connectivity index (χ1n) is 9.50. The summed E-state index contributed by atoms with van der Waals surface area (Å²) in [5, 5.41) is 4.51. The first-order valence-corrected chi connectivity index (χ1v) is 9.50. The summed E-state index contributed by atoms with van der Waals surface area (Å²) in [5.41, 5.74) is 5.66. The molecule has 0 aliphatic carbocycles. The van der Waals surface area contributed by atoms with Crippen molar-refractivity contribution in [3.05, 3.63) is 65.7 Å². The molecule has 0 bridgehead atoms. The molecular formula is C22H24N4O. The van der Waals surface area contributed by atoms with Gasteiger partial charge in [0.25, 0.3) is 5.91 Å². The second-order valence-electron chi connectivity index (χ2n) is 7.22. The molecule has 5 nitrogen and oxygen atoms in total. The fraction of sp³-hybridized carbons (Fsp3) is 0.318. The number of hydrogen-bond acceptors (Lipinski definition) is 3. The minimum Gasteiger partial charge on any atom is -0.305 e. The molecule has 0 unspecified atom stereocenters. The zero-order valence-electron chi connectivity index (χ0n) is 16.0. The van der Waals surface area contributed by atoms with E-state index in [9.17, 15) is 4.79 Å². The molecule has 1 aliphatic rings. The average molecular weight is 360 g/mol. The minimum absolute atomic E-state index is 0.00157. The van der Waals surface area contributed by atoms with Crippen molar-refractivity contribution in [2.24, 2.45) is 0 Å². The van der Waals surface area contributed by atoms with Gasteiger partial charge in [-0.15, -0.1) is 0 Å². The van der Waals surface area contributed by atoms with Crippen LogP contribution in [0.4, 0.5) is 5.69 Å². The molecule has 0 fully saturated rings. The highest BCUT2D eigenvalue weighted by Crippen LogP contribution is 2.32. The molecule has 1 aromatic carbocycles. The number of carbonyl (C=O) groups excluding carboxylic acids is 1. The number of amides is 1. The lowest BCUT2D eigenvalue weighted by molar-refractivity contribution is 0.0954. The molecule has 27 heavy (non-hydrogen) atoms. The molecule has 4 rings (SSSR count). The Balaban J connectivity index is 1.73. The van der Waals surface area contributed by atoms with Crippen LogP contribution in [0.25, 0.3) is 11.1 Å². The van der Waals surface area contributed by atoms with Crippen LogP contribution >= 0.6 is 0 Å². The third kappa shape index (κ3) is 3.14. The Labute approximate surface area is 159 Å². The van der Waals surface area contributed by atoms with Crippen molar-refractivity contribution < 1.29 is 4.79 Å². The number of aromatic nitrogens is 3. The molecule has 1 aliphatic heterocycles. The van der Waals surface area contributed by atoms with Crippen LogP contribution in [0.2, 0.25) is 0 Å². The molecule has 2 aromatic heterocycles. The van der Waals surface area contributed by atoms with E-state index in [0.717, 1.165) is 35.3 Å². The van der Waals surface area contributed by atoms with Gasteiger partial charge in [-0.05, 0) is 55.7 Å². The van der Waals surface area contributed by atoms with E-state index in [4.69, 9.17) is 0 Å². The number of benzene rings is 1. The number of rotatable bonds is 4. The Morgan fingerprint density at radius 2 is 1.96 bits per heavy atom. The summed E-state index contributed by atoms with van der Waals surface area (Å²) >= 11 is 0. The van der Waals surface area contributed by atoms with Crippen LogP contribution in [0.15, 0.2) is 48.8 Å². The highest BCUT2D eigenvalue weighted by Gasteiger charge is 2.33. The van der Waals surface area contributed by atoms with Crippen molar-refractivity contribution in [2.45, 2.75) is 39.7 Å². The molecule has 3 heterocycles. The normalized spacial score (nSPS) is 16.5. The fourth-order valence-corrected chi connectivity index (χ4v) is 3.74. The quantitative estimate of drug-likeness (QED) is 0.692. The van der Waals surface area contributed by atoms with Crippen LogP contribution in [0.1, 0.15) is 48.1 Å². The lowest BCUT2D eigenvalue weighted by Gasteiger charge is -2.32. The topological polar surface area (TPSA) is 51.0 Å². The Morgan fingerprint density at radius 1 is 1.19 bits per heavy atom. The van der Waals surface area contributed by atoms with Crippen LogP contribution in [-0.4, -0.2) is 27.2 Å². The highest BCUT2D eigenvalue weighted by atomic mass is 16.2. The van der Waals surface area contributed by atoms with Gasteiger partial charge in [-0.3, -0.25) is 14.5 Å². The van der Waals surface area contributed by atoms with Gasteiger partial charge in [0.15, 0.2) is 0 Å². The lowest BCUT2D eigenvalue weighted by Crippen LogP contribution is -2.42. The fourth-order valence-electron chi connectivity index (χ4n) is 3.74. The van der Waals surface area contributed by atoms with E-state index in [1.165, 1.54) is 5.56 Å². The molecule has 0 spiro atoms. The van der Waals surface area contributed by atoms with Gasteiger partial charge in [0, 0.05) is 29.7 Å². The number of anilines is 1. The number of aryl methyl sites for hydroxylation is 2. The molecule has 0 radical (unpaired) electrons. The molecule has 0 N–H and O–H groups in total. The van der Waals surface area contributed by atoms with Gasteiger partial charge < -0.3 is 4.90 Å². The summed E-state index contributed by atoms with van der Waals surface area (Å²) in [6.07, 6.45) is 5.75. The van der Waals surface area contributed by atoms with Gasteiger partial charge in [-0.1, -0.05) is 25.5 Å². The lowest BCUT2D eigenvalue weighted by atomic mass is 10.0. The van der Waals surface area contributed by atoms with Crippen LogP contribution in [0.5, 0.6) is 0 Å². The van der Waals surface area contributed by atoms with E-state index < -0.39 is 0 Å². The largest absolute Gasteiger partial charge is 0.305 e. The second-order valence-corrected chi connectivity index (χ2v) is 7.22. The summed E-state index contributed by atoms with van der Waals surface area (Å²) in [5.74, 6) is -0.00157. The molecule has 3 aromatic rings. The first-order chi connectivity index (χ1) is 13.1. The first kappa shape index (κ1) is 17.5. The van der Waals surface area contributed by atoms with Gasteiger partial charge in [0.05, 0.1) is 12.2 Å². The predicted octanol–water partition coefficient (Wildman–Crippen LogP) is 4.43. The van der Waals surface area contributed by atoms with Gasteiger partial charge in [0.2, 0.25) is 0 Å². The number of nitrogens with zero attached hydrogens (tertiary/aromatic N) is 4. The summed E-state index contributed by atoms with van der Waals surface area (Å²) < 4.78 is 1.86. The van der Waals surface area contributed by atoms with E-state index in [0.29, 0.717) is 12.2 Å². The number of pyridine rings is 1. The second kappa shape index (κ2) is 6.99. The van der Waals surface area contributed by atoms with Crippen molar-refractivity contribution in [2.75, 3.05) is 11.4 Å². The summed E-state index contributed by atoms with van der Waals surface area (Å²) in [7, 11) is 0. The Morgan fingerprint density at radius 3 is 2.67 bits per heavy atom. The van der Waals surface area contributed by atoms with Crippen molar-refractivity contribution in [1.82, 2.24) is 14.8 Å². The number of hydrogen-bond donors (Lipinski definition) is 0. The molecule has 138 valence electrons. The van der Waals surface area contributed by atoms with Crippen LogP contribution in [-0.2, 0) is 6.42 Å². The van der Waals surface area contributed by atoms with Crippen LogP contribution < -0.4 is 4.90 Å².